The topological polar surface area (TPSA) is 70.6 Å². The Bertz CT molecular complexity index is 810. The van der Waals surface area contributed by atoms with E-state index in [0.29, 0.717) is 6.04 Å². The number of piperidine rings is 1. The number of rotatable bonds is 4. The standard InChI is InChI=1S/C17H22N6.3BrH/c1-12-15(20-11-19-12)10-23-16-5-3-2-4-14(16)22-17(23)21-13-6-8-18-9-7-13;;;/h2-5,11,13,18H,6-10H2,1H3,(H,19,20)(H,21,22);3*1H. The van der Waals surface area contributed by atoms with E-state index in [0.717, 1.165) is 60.8 Å². The first-order chi connectivity index (χ1) is 11.3. The van der Waals surface area contributed by atoms with Crippen molar-refractivity contribution in [2.75, 3.05) is 18.4 Å². The number of imidazole rings is 2. The molecular formula is C17H25Br3N6. The molecule has 1 saturated heterocycles. The highest BCUT2D eigenvalue weighted by atomic mass is 79.9. The molecule has 3 N–H and O–H groups in total. The summed E-state index contributed by atoms with van der Waals surface area (Å²) >= 11 is 0. The second kappa shape index (κ2) is 10.4. The molecule has 0 spiro atoms. The first kappa shape index (κ1) is 23.1. The van der Waals surface area contributed by atoms with E-state index in [-0.39, 0.29) is 50.9 Å². The van der Waals surface area contributed by atoms with Gasteiger partial charge in [-0.3, -0.25) is 0 Å². The van der Waals surface area contributed by atoms with Gasteiger partial charge in [0.2, 0.25) is 5.95 Å². The third-order valence-corrected chi connectivity index (χ3v) is 4.57. The number of hydrogen-bond donors (Lipinski definition) is 3. The molecule has 1 fully saturated rings. The molecule has 0 atom stereocenters. The summed E-state index contributed by atoms with van der Waals surface area (Å²) in [5.74, 6) is 0.945. The van der Waals surface area contributed by atoms with Crippen LogP contribution < -0.4 is 10.6 Å². The molecule has 144 valence electrons. The maximum Gasteiger partial charge on any atom is 0.204 e. The Morgan fingerprint density at radius 3 is 2.58 bits per heavy atom. The number of aryl methyl sites for hydroxylation is 1. The molecular weight excluding hydrogens is 528 g/mol. The third kappa shape index (κ3) is 4.88. The summed E-state index contributed by atoms with van der Waals surface area (Å²) in [7, 11) is 0. The maximum absolute atomic E-state index is 4.81. The lowest BCUT2D eigenvalue weighted by atomic mass is 10.1. The molecule has 6 nitrogen and oxygen atoms in total. The molecule has 1 aromatic carbocycles. The maximum atomic E-state index is 4.81. The number of aromatic nitrogens is 4. The number of nitrogens with zero attached hydrogens (tertiary/aromatic N) is 3. The zero-order chi connectivity index (χ0) is 15.6. The summed E-state index contributed by atoms with van der Waals surface area (Å²) < 4.78 is 2.24. The van der Waals surface area contributed by atoms with E-state index >= 15 is 0 Å². The minimum Gasteiger partial charge on any atom is -0.353 e. The number of fused-ring (bicyclic) bond motifs is 1. The molecule has 9 heteroatoms. The van der Waals surface area contributed by atoms with E-state index in [2.05, 4.69) is 50.3 Å². The third-order valence-electron chi connectivity index (χ3n) is 4.57. The average Bonchev–Trinajstić information content (AvgIpc) is 3.13. The highest BCUT2D eigenvalue weighted by Gasteiger charge is 2.18. The van der Waals surface area contributed by atoms with Crippen molar-refractivity contribution < 1.29 is 0 Å². The van der Waals surface area contributed by atoms with Gasteiger partial charge in [0.25, 0.3) is 0 Å². The average molecular weight is 553 g/mol. The molecule has 26 heavy (non-hydrogen) atoms. The molecule has 1 aliphatic rings. The number of anilines is 1. The van der Waals surface area contributed by atoms with Gasteiger partial charge in [0, 0.05) is 11.7 Å². The van der Waals surface area contributed by atoms with Crippen LogP contribution in [0.2, 0.25) is 0 Å². The molecule has 0 unspecified atom stereocenters. The number of hydrogen-bond acceptors (Lipinski definition) is 4. The first-order valence-electron chi connectivity index (χ1n) is 8.22. The Morgan fingerprint density at radius 2 is 1.88 bits per heavy atom. The number of H-pyrrole nitrogens is 1. The van der Waals surface area contributed by atoms with E-state index in [9.17, 15) is 0 Å². The second-order valence-corrected chi connectivity index (χ2v) is 6.15. The smallest absolute Gasteiger partial charge is 0.204 e. The number of para-hydroxylation sites is 2. The van der Waals surface area contributed by atoms with E-state index in [1.54, 1.807) is 6.33 Å². The van der Waals surface area contributed by atoms with Crippen LogP contribution in [0.5, 0.6) is 0 Å². The van der Waals surface area contributed by atoms with Gasteiger partial charge >= 0.3 is 0 Å². The number of benzene rings is 1. The largest absolute Gasteiger partial charge is 0.353 e. The molecule has 0 saturated carbocycles. The highest BCUT2D eigenvalue weighted by Crippen LogP contribution is 2.23. The van der Waals surface area contributed by atoms with Crippen LogP contribution in [0.25, 0.3) is 11.0 Å². The van der Waals surface area contributed by atoms with Gasteiger partial charge in [0.05, 0.1) is 29.6 Å². The van der Waals surface area contributed by atoms with Crippen molar-refractivity contribution in [2.24, 2.45) is 0 Å². The van der Waals surface area contributed by atoms with Crippen molar-refractivity contribution in [3.8, 4) is 0 Å². The summed E-state index contributed by atoms with van der Waals surface area (Å²) in [4.78, 5) is 12.4. The van der Waals surface area contributed by atoms with Gasteiger partial charge in [-0.2, -0.15) is 0 Å². The van der Waals surface area contributed by atoms with Crippen molar-refractivity contribution >= 4 is 67.9 Å². The Kier molecular flexibility index (Phi) is 9.29. The van der Waals surface area contributed by atoms with Crippen molar-refractivity contribution in [2.45, 2.75) is 32.4 Å². The monoisotopic (exact) mass is 550 g/mol. The normalized spacial score (nSPS) is 14.2. The predicted molar refractivity (Wildman–Crippen MR) is 123 cm³/mol. The Balaban J connectivity index is 0.00000113. The molecule has 0 bridgehead atoms. The van der Waals surface area contributed by atoms with Crippen molar-refractivity contribution in [1.29, 1.82) is 0 Å². The lowest BCUT2D eigenvalue weighted by Gasteiger charge is -2.24. The first-order valence-corrected chi connectivity index (χ1v) is 8.22. The van der Waals surface area contributed by atoms with Crippen molar-refractivity contribution in [1.82, 2.24) is 24.8 Å². The van der Waals surface area contributed by atoms with Crippen LogP contribution in [0.1, 0.15) is 24.2 Å². The Labute approximate surface area is 184 Å². The minimum absolute atomic E-state index is 0. The zero-order valence-electron chi connectivity index (χ0n) is 14.6. The van der Waals surface area contributed by atoms with Crippen LogP contribution in [-0.2, 0) is 6.54 Å². The molecule has 2 aromatic heterocycles. The fraction of sp³-hybridized carbons (Fsp3) is 0.412. The van der Waals surface area contributed by atoms with Gasteiger partial charge in [-0.1, -0.05) is 12.1 Å². The van der Waals surface area contributed by atoms with E-state index in [1.165, 1.54) is 0 Å². The number of halogens is 3. The Morgan fingerprint density at radius 1 is 1.15 bits per heavy atom. The van der Waals surface area contributed by atoms with Crippen LogP contribution in [-0.4, -0.2) is 38.7 Å². The van der Waals surface area contributed by atoms with Gasteiger partial charge in [0.1, 0.15) is 0 Å². The van der Waals surface area contributed by atoms with Crippen LogP contribution in [0, 0.1) is 6.92 Å². The SMILES string of the molecule is Br.Br.Br.Cc1[nH]cnc1Cn1c(NC2CCNCC2)nc2ccccc21. The molecule has 4 rings (SSSR count). The predicted octanol–water partition coefficient (Wildman–Crippen LogP) is 4.01. The summed E-state index contributed by atoms with van der Waals surface area (Å²) in [5.41, 5.74) is 4.33. The van der Waals surface area contributed by atoms with E-state index < -0.39 is 0 Å². The molecule has 1 aliphatic heterocycles. The number of aromatic amines is 1. The van der Waals surface area contributed by atoms with Crippen LogP contribution >= 0.6 is 50.9 Å². The Hall–Kier alpha value is -0.900. The van der Waals surface area contributed by atoms with Crippen molar-refractivity contribution in [3.05, 3.63) is 42.0 Å². The highest BCUT2D eigenvalue weighted by molar-refractivity contribution is 8.93. The zero-order valence-corrected chi connectivity index (χ0v) is 19.7. The molecule has 0 aliphatic carbocycles. The summed E-state index contributed by atoms with van der Waals surface area (Å²) in [5, 5.41) is 7.05. The molecule has 0 amide bonds. The summed E-state index contributed by atoms with van der Waals surface area (Å²) in [6, 6.07) is 8.77. The summed E-state index contributed by atoms with van der Waals surface area (Å²) in [6.45, 7) is 4.91. The fourth-order valence-electron chi connectivity index (χ4n) is 3.19. The van der Waals surface area contributed by atoms with Gasteiger partial charge in [-0.25, -0.2) is 9.97 Å². The quantitative estimate of drug-likeness (QED) is 0.457. The summed E-state index contributed by atoms with van der Waals surface area (Å²) in [6.07, 6.45) is 4.01. The molecule has 0 radical (unpaired) electrons. The van der Waals surface area contributed by atoms with E-state index in [1.807, 2.05) is 6.07 Å². The minimum atomic E-state index is 0. The fourth-order valence-corrected chi connectivity index (χ4v) is 3.19. The van der Waals surface area contributed by atoms with Gasteiger partial charge in [-0.05, 0) is 45.0 Å². The van der Waals surface area contributed by atoms with Gasteiger partial charge in [0.15, 0.2) is 0 Å². The second-order valence-electron chi connectivity index (χ2n) is 6.15. The van der Waals surface area contributed by atoms with Gasteiger partial charge < -0.3 is 20.2 Å². The molecule has 3 aromatic rings. The lowest BCUT2D eigenvalue weighted by molar-refractivity contribution is 0.476. The molecule has 3 heterocycles. The van der Waals surface area contributed by atoms with Crippen molar-refractivity contribution in [3.63, 3.8) is 0 Å². The number of nitrogens with one attached hydrogen (secondary N) is 3. The van der Waals surface area contributed by atoms with Gasteiger partial charge in [-0.15, -0.1) is 50.9 Å². The van der Waals surface area contributed by atoms with E-state index in [4.69, 9.17) is 4.98 Å². The van der Waals surface area contributed by atoms with Crippen LogP contribution in [0.3, 0.4) is 0 Å². The van der Waals surface area contributed by atoms with Crippen LogP contribution in [0.15, 0.2) is 30.6 Å². The lowest BCUT2D eigenvalue weighted by Crippen LogP contribution is -2.36. The van der Waals surface area contributed by atoms with Crippen LogP contribution in [0.4, 0.5) is 5.95 Å².